The van der Waals surface area contributed by atoms with E-state index < -0.39 is 20.2 Å². The lowest BCUT2D eigenvalue weighted by atomic mass is 10.2. The third-order valence-corrected chi connectivity index (χ3v) is 2.18. The van der Waals surface area contributed by atoms with Gasteiger partial charge in [-0.2, -0.15) is 16.8 Å². The molecule has 0 bridgehead atoms. The summed E-state index contributed by atoms with van der Waals surface area (Å²) in [6.07, 6.45) is 4.82. The van der Waals surface area contributed by atoms with Crippen LogP contribution < -0.4 is 10.5 Å². The first-order valence-corrected chi connectivity index (χ1v) is 10.9. The molecule has 9 nitrogen and oxygen atoms in total. The Morgan fingerprint density at radius 2 is 1.52 bits per heavy atom. The molecule has 0 aliphatic rings. The van der Waals surface area contributed by atoms with Crippen LogP contribution >= 0.6 is 0 Å². The SMILES string of the molecule is CCCCCOc1ccccc1C(=N)N.CS(=O)(=O)O.CS(=O)(=O)O. The number of nitrogens with two attached hydrogens (primary N) is 1. The molecule has 25 heavy (non-hydrogen) atoms. The molecule has 1 rings (SSSR count). The lowest BCUT2D eigenvalue weighted by Crippen LogP contribution is -2.13. The van der Waals surface area contributed by atoms with Crippen molar-refractivity contribution in [3.63, 3.8) is 0 Å². The zero-order chi connectivity index (χ0) is 20.1. The Bertz CT molecular complexity index is 670. The van der Waals surface area contributed by atoms with E-state index in [2.05, 4.69) is 6.92 Å². The second-order valence-electron chi connectivity index (χ2n) is 4.93. The Labute approximate surface area is 149 Å². The van der Waals surface area contributed by atoms with Crippen LogP contribution in [0.3, 0.4) is 0 Å². The van der Waals surface area contributed by atoms with Gasteiger partial charge in [0.05, 0.1) is 24.7 Å². The van der Waals surface area contributed by atoms with E-state index in [9.17, 15) is 16.8 Å². The number of hydrogen-bond donors (Lipinski definition) is 4. The van der Waals surface area contributed by atoms with E-state index in [-0.39, 0.29) is 5.84 Å². The first-order valence-electron chi connectivity index (χ1n) is 7.16. The molecular weight excluding hydrogens is 372 g/mol. The van der Waals surface area contributed by atoms with Gasteiger partial charge in [-0.1, -0.05) is 31.9 Å². The number of benzene rings is 1. The van der Waals surface area contributed by atoms with Gasteiger partial charge in [0.1, 0.15) is 11.6 Å². The number of unbranched alkanes of at least 4 members (excludes halogenated alkanes) is 2. The van der Waals surface area contributed by atoms with Crippen molar-refractivity contribution in [2.45, 2.75) is 26.2 Å². The standard InChI is InChI=1S/C12H18N2O.2CH4O3S/c1-2-3-6-9-15-11-8-5-4-7-10(11)12(13)14;2*1-5(2,3)4/h4-5,7-8H,2-3,6,9H2,1H3,(H3,13,14);2*1H3,(H,2,3,4). The number of nitrogen functional groups attached to an aromatic ring is 1. The van der Waals surface area contributed by atoms with Crippen molar-refractivity contribution in [1.82, 2.24) is 0 Å². The van der Waals surface area contributed by atoms with E-state index in [1.54, 1.807) is 6.07 Å². The van der Waals surface area contributed by atoms with Crippen molar-refractivity contribution in [1.29, 1.82) is 5.41 Å². The molecular formula is C14H26N2O7S2. The molecule has 0 spiro atoms. The summed E-state index contributed by atoms with van der Waals surface area (Å²) in [7, 11) is -7.33. The molecule has 0 radical (unpaired) electrons. The fourth-order valence-corrected chi connectivity index (χ4v) is 1.35. The monoisotopic (exact) mass is 398 g/mol. The van der Waals surface area contributed by atoms with E-state index >= 15 is 0 Å². The Hall–Kier alpha value is -1.69. The average molecular weight is 399 g/mol. The minimum atomic E-state index is -3.67. The normalized spacial score (nSPS) is 10.6. The van der Waals surface area contributed by atoms with Gasteiger partial charge in [-0.15, -0.1) is 0 Å². The fraction of sp³-hybridized carbons (Fsp3) is 0.500. The van der Waals surface area contributed by atoms with Gasteiger partial charge in [-0.3, -0.25) is 14.5 Å². The molecule has 0 heterocycles. The molecule has 0 aromatic heterocycles. The van der Waals surface area contributed by atoms with Gasteiger partial charge in [-0.25, -0.2) is 0 Å². The number of nitrogens with one attached hydrogen (secondary N) is 1. The molecule has 5 N–H and O–H groups in total. The zero-order valence-corrected chi connectivity index (χ0v) is 16.1. The lowest BCUT2D eigenvalue weighted by Gasteiger charge is -2.09. The minimum absolute atomic E-state index is 0.0566. The predicted octanol–water partition coefficient (Wildman–Crippen LogP) is 1.55. The van der Waals surface area contributed by atoms with Crippen LogP contribution in [0.2, 0.25) is 0 Å². The van der Waals surface area contributed by atoms with Crippen LogP contribution in [0.4, 0.5) is 0 Å². The topological polar surface area (TPSA) is 168 Å². The van der Waals surface area contributed by atoms with Gasteiger partial charge in [0.15, 0.2) is 0 Å². The van der Waals surface area contributed by atoms with E-state index in [0.29, 0.717) is 30.4 Å². The van der Waals surface area contributed by atoms with Gasteiger partial charge in [0, 0.05) is 0 Å². The highest BCUT2D eigenvalue weighted by molar-refractivity contribution is 7.85. The van der Waals surface area contributed by atoms with Crippen LogP contribution in [0.1, 0.15) is 31.7 Å². The van der Waals surface area contributed by atoms with Gasteiger partial charge in [0.25, 0.3) is 20.2 Å². The smallest absolute Gasteiger partial charge is 0.261 e. The Balaban J connectivity index is 0. The number of hydrogen-bond acceptors (Lipinski definition) is 6. The van der Waals surface area contributed by atoms with Crippen molar-refractivity contribution >= 4 is 26.1 Å². The molecule has 11 heteroatoms. The molecule has 0 saturated carbocycles. The Kier molecular flexibility index (Phi) is 12.9. The second-order valence-corrected chi connectivity index (χ2v) is 7.86. The third-order valence-electron chi connectivity index (χ3n) is 2.18. The van der Waals surface area contributed by atoms with E-state index in [1.807, 2.05) is 18.2 Å². The maximum atomic E-state index is 9.19. The van der Waals surface area contributed by atoms with Crippen LogP contribution in [0.15, 0.2) is 24.3 Å². The quantitative estimate of drug-likeness (QED) is 0.242. The van der Waals surface area contributed by atoms with Crippen LogP contribution in [-0.4, -0.2) is 50.9 Å². The molecule has 0 aliphatic heterocycles. The summed E-state index contributed by atoms with van der Waals surface area (Å²) >= 11 is 0. The second kappa shape index (κ2) is 12.6. The van der Waals surface area contributed by atoms with Gasteiger partial charge >= 0.3 is 0 Å². The average Bonchev–Trinajstić information content (AvgIpc) is 2.40. The van der Waals surface area contributed by atoms with Crippen molar-refractivity contribution in [3.05, 3.63) is 29.8 Å². The predicted molar refractivity (Wildman–Crippen MR) is 97.4 cm³/mol. The highest BCUT2D eigenvalue weighted by atomic mass is 32.2. The maximum absolute atomic E-state index is 9.19. The van der Waals surface area contributed by atoms with Crippen molar-refractivity contribution < 1.29 is 30.7 Å². The van der Waals surface area contributed by atoms with E-state index in [1.165, 1.54) is 12.8 Å². The maximum Gasteiger partial charge on any atom is 0.261 e. The minimum Gasteiger partial charge on any atom is -0.493 e. The van der Waals surface area contributed by atoms with Gasteiger partial charge in [0.2, 0.25) is 0 Å². The molecule has 1 aromatic carbocycles. The van der Waals surface area contributed by atoms with Gasteiger partial charge in [-0.05, 0) is 18.6 Å². The summed E-state index contributed by atoms with van der Waals surface area (Å²) < 4.78 is 57.3. The number of para-hydroxylation sites is 1. The van der Waals surface area contributed by atoms with E-state index in [0.717, 1.165) is 6.42 Å². The molecule has 0 amide bonds. The van der Waals surface area contributed by atoms with Crippen molar-refractivity contribution in [3.8, 4) is 5.75 Å². The van der Waals surface area contributed by atoms with Crippen molar-refractivity contribution in [2.24, 2.45) is 5.73 Å². The van der Waals surface area contributed by atoms with Crippen molar-refractivity contribution in [2.75, 3.05) is 19.1 Å². The highest BCUT2D eigenvalue weighted by Crippen LogP contribution is 2.17. The molecule has 0 saturated heterocycles. The van der Waals surface area contributed by atoms with Crippen LogP contribution in [0.5, 0.6) is 5.75 Å². The van der Waals surface area contributed by atoms with Crippen LogP contribution in [0, 0.1) is 5.41 Å². The van der Waals surface area contributed by atoms with E-state index in [4.69, 9.17) is 25.0 Å². The van der Waals surface area contributed by atoms with Gasteiger partial charge < -0.3 is 10.5 Å². The molecule has 0 unspecified atom stereocenters. The number of ether oxygens (including phenoxy) is 1. The van der Waals surface area contributed by atoms with Crippen LogP contribution in [0.25, 0.3) is 0 Å². The number of amidine groups is 1. The largest absolute Gasteiger partial charge is 0.493 e. The molecule has 0 atom stereocenters. The summed E-state index contributed by atoms with van der Waals surface area (Å²) in [5, 5.41) is 7.39. The third kappa shape index (κ3) is 24.7. The molecule has 1 aromatic rings. The highest BCUT2D eigenvalue weighted by Gasteiger charge is 2.04. The first kappa shape index (κ1) is 25.5. The lowest BCUT2D eigenvalue weighted by molar-refractivity contribution is 0.305. The molecule has 0 fully saturated rings. The first-order chi connectivity index (χ1) is 11.3. The molecule has 146 valence electrons. The number of rotatable bonds is 6. The summed E-state index contributed by atoms with van der Waals surface area (Å²) in [5.41, 5.74) is 6.12. The van der Waals surface area contributed by atoms with Crippen LogP contribution in [-0.2, 0) is 20.2 Å². The summed E-state index contributed by atoms with van der Waals surface area (Å²) in [5.74, 6) is 0.766. The summed E-state index contributed by atoms with van der Waals surface area (Å²) in [4.78, 5) is 0. The Morgan fingerprint density at radius 3 is 1.92 bits per heavy atom. The fourth-order valence-electron chi connectivity index (χ4n) is 1.35. The summed E-state index contributed by atoms with van der Waals surface area (Å²) in [6, 6.07) is 7.40. The summed E-state index contributed by atoms with van der Waals surface area (Å²) in [6.45, 7) is 2.85. The molecule has 0 aliphatic carbocycles. The zero-order valence-electron chi connectivity index (χ0n) is 14.5. The Morgan fingerprint density at radius 1 is 1.08 bits per heavy atom.